The third kappa shape index (κ3) is 6.29. The molecule has 0 aliphatic rings. The first-order valence-electron chi connectivity index (χ1n) is 19.8. The number of anilines is 9. The van der Waals surface area contributed by atoms with Crippen molar-refractivity contribution in [3.63, 3.8) is 0 Å². The third-order valence-corrected chi connectivity index (χ3v) is 13.3. The summed E-state index contributed by atoms with van der Waals surface area (Å²) in [7, 11) is 0. The summed E-state index contributed by atoms with van der Waals surface area (Å²) in [4.78, 5) is 7.22. The topological polar surface area (TPSA) is 9.72 Å². The summed E-state index contributed by atoms with van der Waals surface area (Å²) in [6.07, 6.45) is 0. The zero-order valence-corrected chi connectivity index (χ0v) is 33.7. The Bertz CT molecular complexity index is 3140. The van der Waals surface area contributed by atoms with Crippen LogP contribution in [0.1, 0.15) is 0 Å². The molecule has 0 amide bonds. The second-order valence-corrected chi connectivity index (χ2v) is 16.7. The summed E-state index contributed by atoms with van der Waals surface area (Å²) in [5.74, 6) is 0. The van der Waals surface area contributed by atoms with E-state index in [4.69, 9.17) is 0 Å². The zero-order valence-electron chi connectivity index (χ0n) is 32.0. The van der Waals surface area contributed by atoms with Gasteiger partial charge >= 0.3 is 0 Å². The van der Waals surface area contributed by atoms with Crippen molar-refractivity contribution in [2.24, 2.45) is 0 Å². The lowest BCUT2D eigenvalue weighted by atomic mass is 10.0. The maximum Gasteiger partial charge on any atom is 0.0640 e. The molecule has 280 valence electrons. The first-order valence-corrected chi connectivity index (χ1v) is 21.5. The third-order valence-electron chi connectivity index (χ3n) is 11.0. The van der Waals surface area contributed by atoms with Gasteiger partial charge in [-0.1, -0.05) is 121 Å². The molecule has 0 bridgehead atoms. The van der Waals surface area contributed by atoms with E-state index in [1.807, 2.05) is 22.7 Å². The van der Waals surface area contributed by atoms with Gasteiger partial charge in [0, 0.05) is 75.5 Å². The van der Waals surface area contributed by atoms with E-state index in [0.29, 0.717) is 0 Å². The fourth-order valence-corrected chi connectivity index (χ4v) is 10.7. The van der Waals surface area contributed by atoms with E-state index >= 15 is 0 Å². The van der Waals surface area contributed by atoms with Gasteiger partial charge in [0.05, 0.1) is 16.1 Å². The van der Waals surface area contributed by atoms with Crippen molar-refractivity contribution in [2.75, 3.05) is 14.7 Å². The minimum absolute atomic E-state index is 1.10. The number of para-hydroxylation sites is 5. The molecule has 0 aliphatic heterocycles. The number of thiophene rings is 2. The van der Waals surface area contributed by atoms with Crippen molar-refractivity contribution in [1.29, 1.82) is 0 Å². The van der Waals surface area contributed by atoms with Crippen molar-refractivity contribution in [3.05, 3.63) is 224 Å². The molecule has 0 spiro atoms. The minimum Gasteiger partial charge on any atom is -0.310 e. The van der Waals surface area contributed by atoms with Gasteiger partial charge in [0.25, 0.3) is 0 Å². The Hall–Kier alpha value is -7.18. The van der Waals surface area contributed by atoms with Crippen LogP contribution in [0.3, 0.4) is 0 Å². The predicted octanol–water partition coefficient (Wildman–Crippen LogP) is 16.8. The van der Waals surface area contributed by atoms with Gasteiger partial charge in [0.2, 0.25) is 0 Å². The number of hydrogen-bond donors (Lipinski definition) is 0. The lowest BCUT2D eigenvalue weighted by molar-refractivity contribution is 1.27. The summed E-state index contributed by atoms with van der Waals surface area (Å²) in [6.45, 7) is 0. The molecule has 0 atom stereocenters. The molecule has 0 fully saturated rings. The van der Waals surface area contributed by atoms with Crippen LogP contribution in [-0.4, -0.2) is 0 Å². The second-order valence-electron chi connectivity index (χ2n) is 14.6. The molecule has 11 rings (SSSR count). The molecule has 5 heteroatoms. The highest BCUT2D eigenvalue weighted by Gasteiger charge is 2.24. The van der Waals surface area contributed by atoms with Crippen LogP contribution in [0.15, 0.2) is 224 Å². The second kappa shape index (κ2) is 15.0. The Labute approximate surface area is 351 Å². The van der Waals surface area contributed by atoms with E-state index in [1.54, 1.807) is 0 Å². The maximum absolute atomic E-state index is 2.43. The lowest BCUT2D eigenvalue weighted by Crippen LogP contribution is -2.13. The van der Waals surface area contributed by atoms with E-state index in [2.05, 4.69) is 239 Å². The standard InChI is InChI=1S/C54H37N3S2/c1-6-19-38(20-7-1)55(43-33-34-51-47(35-43)45-30-18-31-48(54(45)59-51)56(39-21-8-2-9-22-39)40-23-10-3-11-24-40)44-36-49(53-46-29-16-17-32-50(46)58-52(53)37-44)57(41-25-12-4-13-26-41)42-27-14-5-15-28-42/h1-37H. The highest BCUT2D eigenvalue weighted by Crippen LogP contribution is 2.50. The van der Waals surface area contributed by atoms with Gasteiger partial charge in [-0.05, 0) is 103 Å². The molecule has 3 nitrogen and oxygen atoms in total. The molecule has 0 saturated heterocycles. The molecule has 2 heterocycles. The number of rotatable bonds is 9. The van der Waals surface area contributed by atoms with E-state index in [-0.39, 0.29) is 0 Å². The van der Waals surface area contributed by atoms with Crippen molar-refractivity contribution in [2.45, 2.75) is 0 Å². The highest BCUT2D eigenvalue weighted by atomic mass is 32.1. The summed E-state index contributed by atoms with van der Waals surface area (Å²) in [6, 6.07) is 80.9. The van der Waals surface area contributed by atoms with E-state index in [9.17, 15) is 0 Å². The van der Waals surface area contributed by atoms with Crippen molar-refractivity contribution < 1.29 is 0 Å². The lowest BCUT2D eigenvalue weighted by Gasteiger charge is -2.30. The quantitative estimate of drug-likeness (QED) is 0.144. The maximum atomic E-state index is 2.43. The van der Waals surface area contributed by atoms with Gasteiger partial charge in [-0.2, -0.15) is 0 Å². The first kappa shape index (κ1) is 35.0. The Balaban J connectivity index is 1.14. The molecule has 0 radical (unpaired) electrons. The number of hydrogen-bond acceptors (Lipinski definition) is 5. The van der Waals surface area contributed by atoms with Crippen LogP contribution in [0.5, 0.6) is 0 Å². The van der Waals surface area contributed by atoms with Crippen molar-refractivity contribution >= 4 is 114 Å². The monoisotopic (exact) mass is 791 g/mol. The Kier molecular flexibility index (Phi) is 8.88. The molecule has 9 aromatic carbocycles. The van der Waals surface area contributed by atoms with Crippen molar-refractivity contribution in [3.8, 4) is 0 Å². The molecule has 59 heavy (non-hydrogen) atoms. The Morgan fingerprint density at radius 3 is 1.31 bits per heavy atom. The molecule has 2 aromatic heterocycles. The van der Waals surface area contributed by atoms with Gasteiger partial charge < -0.3 is 14.7 Å². The largest absolute Gasteiger partial charge is 0.310 e. The fourth-order valence-electron chi connectivity index (χ4n) is 8.40. The van der Waals surface area contributed by atoms with Crippen molar-refractivity contribution in [1.82, 2.24) is 0 Å². The molecular weight excluding hydrogens is 755 g/mol. The average Bonchev–Trinajstić information content (AvgIpc) is 3.87. The number of nitrogens with zero attached hydrogens (tertiary/aromatic N) is 3. The number of benzene rings is 9. The first-order chi connectivity index (χ1) is 29.3. The predicted molar refractivity (Wildman–Crippen MR) is 256 cm³/mol. The smallest absolute Gasteiger partial charge is 0.0640 e. The van der Waals surface area contributed by atoms with Crippen LogP contribution < -0.4 is 14.7 Å². The molecular formula is C54H37N3S2. The fraction of sp³-hybridized carbons (Fsp3) is 0. The summed E-state index contributed by atoms with van der Waals surface area (Å²) in [5, 5.41) is 5.00. The normalized spacial score (nSPS) is 11.4. The molecule has 0 aliphatic carbocycles. The van der Waals surface area contributed by atoms with Crippen LogP contribution >= 0.6 is 22.7 Å². The van der Waals surface area contributed by atoms with Gasteiger partial charge in [0.15, 0.2) is 0 Å². The molecule has 0 saturated carbocycles. The highest BCUT2D eigenvalue weighted by molar-refractivity contribution is 7.26. The van der Waals surface area contributed by atoms with E-state index in [1.165, 1.54) is 46.0 Å². The van der Waals surface area contributed by atoms with Gasteiger partial charge in [0.1, 0.15) is 0 Å². The van der Waals surface area contributed by atoms with Crippen LogP contribution in [0.2, 0.25) is 0 Å². The Morgan fingerprint density at radius 2 is 0.729 bits per heavy atom. The average molecular weight is 792 g/mol. The minimum atomic E-state index is 1.10. The van der Waals surface area contributed by atoms with Crippen LogP contribution in [0.25, 0.3) is 40.3 Å². The van der Waals surface area contributed by atoms with E-state index in [0.717, 1.165) is 45.5 Å². The summed E-state index contributed by atoms with van der Waals surface area (Å²) >= 11 is 3.71. The number of fused-ring (bicyclic) bond motifs is 6. The van der Waals surface area contributed by atoms with Crippen LogP contribution in [0.4, 0.5) is 51.2 Å². The van der Waals surface area contributed by atoms with E-state index < -0.39 is 0 Å². The SMILES string of the molecule is c1ccc(N(c2cc(N(c3ccccc3)c3ccccc3)c3c(c2)sc2ccccc23)c2ccc3sc4c(N(c5ccccc5)c5ccccc5)cccc4c3c2)cc1. The van der Waals surface area contributed by atoms with Gasteiger partial charge in [-0.3, -0.25) is 0 Å². The summed E-state index contributed by atoms with van der Waals surface area (Å²) in [5.41, 5.74) is 10.1. The Morgan fingerprint density at radius 1 is 0.254 bits per heavy atom. The molecule has 0 N–H and O–H groups in total. The molecule has 11 aromatic rings. The van der Waals surface area contributed by atoms with Crippen LogP contribution in [0, 0.1) is 0 Å². The van der Waals surface area contributed by atoms with Gasteiger partial charge in [-0.25, -0.2) is 0 Å². The van der Waals surface area contributed by atoms with Gasteiger partial charge in [-0.15, -0.1) is 22.7 Å². The van der Waals surface area contributed by atoms with Crippen LogP contribution in [-0.2, 0) is 0 Å². The zero-order chi connectivity index (χ0) is 39.1. The summed E-state index contributed by atoms with van der Waals surface area (Å²) < 4.78 is 5.03. The molecule has 0 unspecified atom stereocenters.